The largest absolute Gasteiger partial charge is 0.478 e. The van der Waals surface area contributed by atoms with E-state index in [4.69, 9.17) is 10.5 Å². The van der Waals surface area contributed by atoms with Gasteiger partial charge in [-0.2, -0.15) is 0 Å². The van der Waals surface area contributed by atoms with Crippen LogP contribution in [0.1, 0.15) is 88.2 Å². The molecule has 1 heterocycles. The predicted octanol–water partition coefficient (Wildman–Crippen LogP) is 6.09. The Balaban J connectivity index is 1.80. The van der Waals surface area contributed by atoms with Gasteiger partial charge >= 0.3 is 0 Å². The summed E-state index contributed by atoms with van der Waals surface area (Å²) in [5, 5.41) is 3.49. The Morgan fingerprint density at radius 2 is 1.64 bits per heavy atom. The summed E-state index contributed by atoms with van der Waals surface area (Å²) < 4.78 is 6.04. The fourth-order valence-electron chi connectivity index (χ4n) is 4.29. The van der Waals surface area contributed by atoms with Crippen LogP contribution >= 0.6 is 11.3 Å². The summed E-state index contributed by atoms with van der Waals surface area (Å²) in [5.41, 5.74) is 7.51. The zero-order valence-electron chi connectivity index (χ0n) is 21.2. The molecule has 0 saturated heterocycles. The number of hydrogen-bond donors (Lipinski definition) is 2. The van der Waals surface area contributed by atoms with E-state index >= 15 is 0 Å². The molecule has 0 radical (unpaired) electrons. The van der Waals surface area contributed by atoms with Gasteiger partial charge in [-0.25, -0.2) is 0 Å². The van der Waals surface area contributed by atoms with E-state index < -0.39 is 11.5 Å². The molecular weight excluding hydrogens is 432 g/mol. The van der Waals surface area contributed by atoms with Gasteiger partial charge in [0.15, 0.2) is 5.60 Å². The summed E-state index contributed by atoms with van der Waals surface area (Å²) >= 11 is 1.48. The van der Waals surface area contributed by atoms with E-state index in [1.54, 1.807) is 13.8 Å². The monoisotopic (exact) mass is 470 g/mol. The maximum Gasteiger partial charge on any atom is 0.268 e. The number of nitrogens with one attached hydrogen (secondary N) is 1. The number of hydrogen-bond acceptors (Lipinski definition) is 4. The second kappa shape index (κ2) is 8.79. The Kier molecular flexibility index (Phi) is 6.73. The van der Waals surface area contributed by atoms with Crippen LogP contribution in [0.2, 0.25) is 0 Å². The van der Waals surface area contributed by atoms with E-state index in [9.17, 15) is 9.59 Å². The Morgan fingerprint density at radius 1 is 1.03 bits per heavy atom. The van der Waals surface area contributed by atoms with Crippen molar-refractivity contribution in [1.29, 1.82) is 0 Å². The van der Waals surface area contributed by atoms with Crippen molar-refractivity contribution in [3.05, 3.63) is 45.8 Å². The first kappa shape index (κ1) is 25.3. The molecule has 180 valence electrons. The fraction of sp³-hybridized carbons (Fsp3) is 0.556. The molecule has 5 nitrogen and oxygen atoms in total. The van der Waals surface area contributed by atoms with Crippen molar-refractivity contribution in [1.82, 2.24) is 0 Å². The summed E-state index contributed by atoms with van der Waals surface area (Å²) in [6, 6.07) is 7.82. The first-order valence-electron chi connectivity index (χ1n) is 11.6. The number of carbonyl (C=O) groups excluding carboxylic acids is 2. The SMILES string of the molecule is CC(C)(Oc1ccc(C(C)(C)C)cc1)C(=O)Nc1sc2c(c1C(N)=O)CC[C@@H](C(C)(C)C)C2. The molecule has 0 aliphatic heterocycles. The van der Waals surface area contributed by atoms with Crippen molar-refractivity contribution < 1.29 is 14.3 Å². The second-order valence-corrected chi connectivity index (χ2v) is 12.8. The lowest BCUT2D eigenvalue weighted by atomic mass is 9.72. The Hall–Kier alpha value is -2.34. The maximum absolute atomic E-state index is 13.2. The molecule has 0 saturated carbocycles. The molecule has 3 N–H and O–H groups in total. The van der Waals surface area contributed by atoms with E-state index in [0.29, 0.717) is 22.2 Å². The number of fused-ring (bicyclic) bond motifs is 1. The number of amides is 2. The molecule has 0 fully saturated rings. The highest BCUT2D eigenvalue weighted by Gasteiger charge is 2.36. The number of carbonyl (C=O) groups is 2. The molecule has 6 heteroatoms. The number of nitrogens with two attached hydrogens (primary N) is 1. The van der Waals surface area contributed by atoms with Crippen molar-refractivity contribution in [2.45, 2.75) is 85.7 Å². The van der Waals surface area contributed by atoms with Gasteiger partial charge in [-0.05, 0) is 73.1 Å². The first-order valence-corrected chi connectivity index (χ1v) is 12.5. The minimum Gasteiger partial charge on any atom is -0.478 e. The van der Waals surface area contributed by atoms with Crippen LogP contribution in [-0.2, 0) is 23.1 Å². The topological polar surface area (TPSA) is 81.4 Å². The van der Waals surface area contributed by atoms with Crippen molar-refractivity contribution in [2.75, 3.05) is 5.32 Å². The summed E-state index contributed by atoms with van der Waals surface area (Å²) in [5.74, 6) is 0.352. The van der Waals surface area contributed by atoms with Gasteiger partial charge in [-0.3, -0.25) is 9.59 Å². The summed E-state index contributed by atoms with van der Waals surface area (Å²) in [6.07, 6.45) is 2.72. The lowest BCUT2D eigenvalue weighted by molar-refractivity contribution is -0.128. The van der Waals surface area contributed by atoms with Gasteiger partial charge in [0.1, 0.15) is 10.8 Å². The third-order valence-electron chi connectivity index (χ3n) is 6.60. The molecular formula is C27H38N2O3S. The number of ether oxygens (including phenoxy) is 1. The van der Waals surface area contributed by atoms with E-state index in [1.807, 2.05) is 24.3 Å². The van der Waals surface area contributed by atoms with Crippen LogP contribution in [0.5, 0.6) is 5.75 Å². The summed E-state index contributed by atoms with van der Waals surface area (Å²) in [4.78, 5) is 26.7. The predicted molar refractivity (Wildman–Crippen MR) is 136 cm³/mol. The highest BCUT2D eigenvalue weighted by atomic mass is 32.1. The number of anilines is 1. The van der Waals surface area contributed by atoms with Crippen molar-refractivity contribution >= 4 is 28.2 Å². The van der Waals surface area contributed by atoms with Gasteiger partial charge in [-0.1, -0.05) is 53.7 Å². The zero-order valence-corrected chi connectivity index (χ0v) is 22.0. The molecule has 1 aliphatic rings. The number of thiophene rings is 1. The fourth-order valence-corrected chi connectivity index (χ4v) is 5.62. The summed E-state index contributed by atoms with van der Waals surface area (Å²) in [6.45, 7) is 16.7. The molecule has 1 aliphatic carbocycles. The Labute approximate surface area is 202 Å². The van der Waals surface area contributed by atoms with Crippen molar-refractivity contribution in [2.24, 2.45) is 17.1 Å². The number of benzene rings is 1. The Bertz CT molecular complexity index is 1040. The van der Waals surface area contributed by atoms with E-state index in [0.717, 1.165) is 29.7 Å². The van der Waals surface area contributed by atoms with Crippen molar-refractivity contribution in [3.8, 4) is 5.75 Å². The van der Waals surface area contributed by atoms with Gasteiger partial charge in [0, 0.05) is 4.88 Å². The molecule has 3 rings (SSSR count). The highest BCUT2D eigenvalue weighted by Crippen LogP contribution is 2.44. The van der Waals surface area contributed by atoms with Crippen LogP contribution < -0.4 is 15.8 Å². The van der Waals surface area contributed by atoms with Crippen LogP contribution in [0, 0.1) is 11.3 Å². The van der Waals surface area contributed by atoms with Gasteiger partial charge in [0.25, 0.3) is 11.8 Å². The molecule has 0 unspecified atom stereocenters. The average molecular weight is 471 g/mol. The molecule has 33 heavy (non-hydrogen) atoms. The normalized spacial score (nSPS) is 16.8. The van der Waals surface area contributed by atoms with Crippen molar-refractivity contribution in [3.63, 3.8) is 0 Å². The average Bonchev–Trinajstić information content (AvgIpc) is 3.03. The van der Waals surface area contributed by atoms with Gasteiger partial charge in [0.2, 0.25) is 0 Å². The highest BCUT2D eigenvalue weighted by molar-refractivity contribution is 7.17. The van der Waals surface area contributed by atoms with Crippen LogP contribution in [0.3, 0.4) is 0 Å². The molecule has 1 aromatic heterocycles. The molecule has 2 amide bonds. The maximum atomic E-state index is 13.2. The van der Waals surface area contributed by atoms with Crippen LogP contribution in [0.4, 0.5) is 5.00 Å². The third-order valence-corrected chi connectivity index (χ3v) is 7.77. The standard InChI is InChI=1S/C27H38N2O3S/c1-25(2,3)16-9-12-18(13-10-16)32-27(7,8)24(31)29-23-21(22(28)30)19-14-11-17(26(4,5)6)15-20(19)33-23/h9-10,12-13,17H,11,14-15H2,1-8H3,(H2,28,30)(H,29,31)/t17-/m1/s1. The lowest BCUT2D eigenvalue weighted by Crippen LogP contribution is -2.42. The molecule has 1 aromatic carbocycles. The first-order chi connectivity index (χ1) is 15.1. The minimum atomic E-state index is -1.13. The number of rotatable bonds is 5. The van der Waals surface area contributed by atoms with E-state index in [2.05, 4.69) is 46.9 Å². The molecule has 0 bridgehead atoms. The minimum absolute atomic E-state index is 0.0425. The number of primary amides is 1. The van der Waals surface area contributed by atoms with Gasteiger partial charge in [-0.15, -0.1) is 11.3 Å². The second-order valence-electron chi connectivity index (χ2n) is 11.7. The van der Waals surface area contributed by atoms with Gasteiger partial charge in [0.05, 0.1) is 5.56 Å². The van der Waals surface area contributed by atoms with Gasteiger partial charge < -0.3 is 15.8 Å². The zero-order chi connectivity index (χ0) is 24.8. The third kappa shape index (κ3) is 5.60. The Morgan fingerprint density at radius 3 is 2.15 bits per heavy atom. The molecule has 1 atom stereocenters. The lowest BCUT2D eigenvalue weighted by Gasteiger charge is -2.33. The van der Waals surface area contributed by atoms with Crippen LogP contribution in [0.25, 0.3) is 0 Å². The van der Waals surface area contributed by atoms with E-state index in [-0.39, 0.29) is 16.7 Å². The molecule has 2 aromatic rings. The summed E-state index contributed by atoms with van der Waals surface area (Å²) in [7, 11) is 0. The smallest absolute Gasteiger partial charge is 0.268 e. The molecule has 0 spiro atoms. The van der Waals surface area contributed by atoms with E-state index in [1.165, 1.54) is 16.9 Å². The van der Waals surface area contributed by atoms with Crippen LogP contribution in [0.15, 0.2) is 24.3 Å². The van der Waals surface area contributed by atoms with Crippen LogP contribution in [-0.4, -0.2) is 17.4 Å². The quantitative estimate of drug-likeness (QED) is 0.555.